The first kappa shape index (κ1) is 42.0. The predicted molar refractivity (Wildman–Crippen MR) is 192 cm³/mol. The third-order valence-electron chi connectivity index (χ3n) is 11.3. The van der Waals surface area contributed by atoms with E-state index in [1.807, 2.05) is 45.8 Å². The second-order valence-electron chi connectivity index (χ2n) is 15.7. The number of fused-ring (bicyclic) bond motifs is 1. The number of amides is 1. The second kappa shape index (κ2) is 17.6. The average Bonchev–Trinajstić information content (AvgIpc) is 3.41. The Labute approximate surface area is 308 Å². The molecule has 0 saturated carbocycles. The van der Waals surface area contributed by atoms with Gasteiger partial charge in [0.05, 0.1) is 23.9 Å². The topological polar surface area (TPSA) is 157 Å². The van der Waals surface area contributed by atoms with Crippen molar-refractivity contribution in [1.82, 2.24) is 20.9 Å². The zero-order valence-corrected chi connectivity index (χ0v) is 32.4. The van der Waals surface area contributed by atoms with Crippen LogP contribution in [-0.2, 0) is 39.8 Å². The molecule has 13 nitrogen and oxygen atoms in total. The Kier molecular flexibility index (Phi) is 14.2. The van der Waals surface area contributed by atoms with E-state index in [2.05, 4.69) is 22.9 Å². The number of ketones is 1. The van der Waals surface area contributed by atoms with Gasteiger partial charge in [-0.25, -0.2) is 9.18 Å². The number of aliphatic hydroxyl groups is 1. The number of nitrogens with zero attached hydrogens (tertiary/aromatic N) is 1. The number of benzene rings is 1. The number of halogens is 1. The number of hydrogen-bond acceptors (Lipinski definition) is 12. The smallest absolute Gasteiger partial charge is 0.408 e. The predicted octanol–water partition coefficient (Wildman–Crippen LogP) is 3.16. The normalized spacial score (nSPS) is 39.6. The molecule has 0 bridgehead atoms. The summed E-state index contributed by atoms with van der Waals surface area (Å²) in [5.41, 5.74) is -1.47. The fourth-order valence-corrected chi connectivity index (χ4v) is 8.18. The number of rotatable bonds is 9. The number of carbonyl (C=O) groups excluding carboxylic acids is 3. The highest BCUT2D eigenvalue weighted by molar-refractivity contribution is 6.00. The van der Waals surface area contributed by atoms with Crippen molar-refractivity contribution >= 4 is 17.8 Å². The molecule has 3 fully saturated rings. The molecular weight excluding hydrogens is 675 g/mol. The van der Waals surface area contributed by atoms with E-state index in [1.54, 1.807) is 27.0 Å². The van der Waals surface area contributed by atoms with Gasteiger partial charge in [-0.2, -0.15) is 0 Å². The van der Waals surface area contributed by atoms with E-state index in [1.165, 1.54) is 19.1 Å². The molecule has 3 heterocycles. The molecule has 294 valence electrons. The van der Waals surface area contributed by atoms with Crippen LogP contribution in [0.2, 0.25) is 0 Å². The summed E-state index contributed by atoms with van der Waals surface area (Å²) in [4.78, 5) is 42.4. The lowest BCUT2D eigenvalue weighted by Crippen LogP contribution is -2.60. The number of carbonyl (C=O) groups is 3. The molecule has 0 aromatic heterocycles. The SMILES string of the molecule is CC[C@H]1OC(=O)C(C)C(=O)[C@H](C)[C@@H](O[C@@H]2OC(CNCc3cccc(F)c3)CC(N(C)C)C2O)[C@](C)(OC)C[C@@H](C)CN[C@H](C)[C@H]2NC(=O)O[C@@]21C. The highest BCUT2D eigenvalue weighted by atomic mass is 19.1. The minimum Gasteiger partial charge on any atom is -0.458 e. The summed E-state index contributed by atoms with van der Waals surface area (Å²) in [5, 5.41) is 21.4. The third kappa shape index (κ3) is 9.49. The van der Waals surface area contributed by atoms with E-state index >= 15 is 0 Å². The van der Waals surface area contributed by atoms with Gasteiger partial charge in [0.1, 0.15) is 23.9 Å². The number of methoxy groups -OCH3 is 1. The van der Waals surface area contributed by atoms with Gasteiger partial charge in [0, 0.05) is 38.2 Å². The molecule has 1 aromatic rings. The van der Waals surface area contributed by atoms with Crippen LogP contribution in [0.15, 0.2) is 24.3 Å². The quantitative estimate of drug-likeness (QED) is 0.217. The lowest BCUT2D eigenvalue weighted by Gasteiger charge is -2.47. The molecule has 1 aromatic carbocycles. The molecule has 0 spiro atoms. The molecular formula is C38H61FN4O9. The monoisotopic (exact) mass is 736 g/mol. The molecule has 3 saturated heterocycles. The van der Waals surface area contributed by atoms with Crippen LogP contribution in [0.5, 0.6) is 0 Å². The molecule has 13 atom stereocenters. The molecule has 1 amide bonds. The van der Waals surface area contributed by atoms with E-state index in [0.29, 0.717) is 38.9 Å². The summed E-state index contributed by atoms with van der Waals surface area (Å²) in [6.07, 6.45) is -3.68. The van der Waals surface area contributed by atoms with Gasteiger partial charge in [-0.1, -0.05) is 32.9 Å². The summed E-state index contributed by atoms with van der Waals surface area (Å²) >= 11 is 0. The number of hydrogen-bond donors (Lipinski definition) is 4. The molecule has 52 heavy (non-hydrogen) atoms. The number of cyclic esters (lactones) is 1. The van der Waals surface area contributed by atoms with E-state index in [4.69, 9.17) is 23.7 Å². The molecule has 4 unspecified atom stereocenters. The van der Waals surface area contributed by atoms with Crippen molar-refractivity contribution in [3.05, 3.63) is 35.6 Å². The molecule has 3 aliphatic heterocycles. The molecule has 0 aliphatic carbocycles. The van der Waals surface area contributed by atoms with Crippen molar-refractivity contribution in [2.24, 2.45) is 17.8 Å². The van der Waals surface area contributed by atoms with Crippen molar-refractivity contribution in [3.63, 3.8) is 0 Å². The Morgan fingerprint density at radius 3 is 2.48 bits per heavy atom. The molecule has 0 radical (unpaired) electrons. The average molecular weight is 737 g/mol. The number of esters is 1. The Bertz CT molecular complexity index is 1390. The number of ether oxygens (including phenoxy) is 5. The maximum atomic E-state index is 14.3. The fraction of sp³-hybridized carbons (Fsp3) is 0.763. The van der Waals surface area contributed by atoms with Gasteiger partial charge in [0.15, 0.2) is 17.7 Å². The van der Waals surface area contributed by atoms with E-state index in [-0.39, 0.29) is 29.9 Å². The first-order chi connectivity index (χ1) is 24.4. The summed E-state index contributed by atoms with van der Waals surface area (Å²) in [6.45, 7) is 14.0. The first-order valence-electron chi connectivity index (χ1n) is 18.6. The standard InChI is InChI=1S/C38H61FN4O9/c1-11-29-38(7)32(42-36(47)52-38)24(5)41-18-21(2)17-37(6,48-10)33(22(3)30(44)23(4)34(46)50-29)51-35-31(45)28(43(8)9)16-27(49-35)20-40-19-25-13-12-14-26(39)15-25/h12-15,21-24,27-29,31-33,35,40-41,45H,11,16-20H2,1-10H3,(H,42,47)/t21-,22+,23?,24-,27?,28?,29-,31?,32-,33-,35+,37-,38-/m1/s1. The Morgan fingerprint density at radius 1 is 1.13 bits per heavy atom. The number of alkyl carbamates (subject to hydrolysis) is 1. The van der Waals surface area contributed by atoms with Gasteiger partial charge in [0.25, 0.3) is 0 Å². The van der Waals surface area contributed by atoms with Crippen molar-refractivity contribution in [1.29, 1.82) is 0 Å². The molecule has 14 heteroatoms. The van der Waals surface area contributed by atoms with Crippen LogP contribution in [0.4, 0.5) is 9.18 Å². The Hall–Kier alpha value is -2.72. The van der Waals surface area contributed by atoms with Crippen molar-refractivity contribution in [2.75, 3.05) is 34.3 Å². The maximum Gasteiger partial charge on any atom is 0.408 e. The summed E-state index contributed by atoms with van der Waals surface area (Å²) in [6, 6.07) is 5.24. The van der Waals surface area contributed by atoms with Crippen molar-refractivity contribution in [3.8, 4) is 0 Å². The van der Waals surface area contributed by atoms with Gasteiger partial charge in [-0.05, 0) is 91.2 Å². The molecule has 4 N–H and O–H groups in total. The first-order valence-corrected chi connectivity index (χ1v) is 18.6. The fourth-order valence-electron chi connectivity index (χ4n) is 8.18. The largest absolute Gasteiger partial charge is 0.458 e. The van der Waals surface area contributed by atoms with Crippen molar-refractivity contribution < 1.29 is 47.6 Å². The van der Waals surface area contributed by atoms with Gasteiger partial charge in [0.2, 0.25) is 0 Å². The van der Waals surface area contributed by atoms with Crippen LogP contribution in [0.25, 0.3) is 0 Å². The van der Waals surface area contributed by atoms with Crippen LogP contribution in [-0.4, -0.2) is 122 Å². The Morgan fingerprint density at radius 2 is 1.85 bits per heavy atom. The number of Topliss-reactive ketones (excluding diaryl/α,β-unsaturated/α-hetero) is 1. The van der Waals surface area contributed by atoms with Gasteiger partial charge in [-0.15, -0.1) is 0 Å². The third-order valence-corrected chi connectivity index (χ3v) is 11.3. The summed E-state index contributed by atoms with van der Waals surface area (Å²) in [7, 11) is 5.31. The highest BCUT2D eigenvalue weighted by Gasteiger charge is 2.55. The van der Waals surface area contributed by atoms with Crippen LogP contribution in [0, 0.1) is 23.6 Å². The highest BCUT2D eigenvalue weighted by Crippen LogP contribution is 2.37. The summed E-state index contributed by atoms with van der Waals surface area (Å²) < 4.78 is 44.9. The molecule has 4 rings (SSSR count). The maximum absolute atomic E-state index is 14.3. The van der Waals surface area contributed by atoms with Crippen LogP contribution >= 0.6 is 0 Å². The summed E-state index contributed by atoms with van der Waals surface area (Å²) in [5.74, 6) is -3.57. The van der Waals surface area contributed by atoms with Gasteiger partial charge in [-0.3, -0.25) is 9.59 Å². The lowest BCUT2D eigenvalue weighted by atomic mass is 9.78. The van der Waals surface area contributed by atoms with E-state index in [0.717, 1.165) is 5.56 Å². The number of likely N-dealkylation sites (N-methyl/N-ethyl adjacent to an activating group) is 1. The van der Waals surface area contributed by atoms with Crippen LogP contribution in [0.1, 0.15) is 73.3 Å². The van der Waals surface area contributed by atoms with Gasteiger partial charge < -0.3 is 49.6 Å². The van der Waals surface area contributed by atoms with Gasteiger partial charge >= 0.3 is 12.1 Å². The number of nitrogens with one attached hydrogen (secondary N) is 3. The zero-order valence-electron chi connectivity index (χ0n) is 32.4. The van der Waals surface area contributed by atoms with E-state index < -0.39 is 71.5 Å². The Balaban J connectivity index is 1.64. The minimum absolute atomic E-state index is 0.0148. The lowest BCUT2D eigenvalue weighted by molar-refractivity contribution is -0.297. The number of aliphatic hydroxyl groups excluding tert-OH is 1. The zero-order chi connectivity index (χ0) is 38.5. The minimum atomic E-state index is -1.19. The van der Waals surface area contributed by atoms with Crippen molar-refractivity contribution in [2.45, 2.75) is 134 Å². The van der Waals surface area contributed by atoms with E-state index in [9.17, 15) is 23.9 Å². The van der Waals surface area contributed by atoms with Crippen LogP contribution in [0.3, 0.4) is 0 Å². The van der Waals surface area contributed by atoms with Crippen LogP contribution < -0.4 is 16.0 Å². The second-order valence-corrected chi connectivity index (χ2v) is 15.7. The molecule has 3 aliphatic rings.